The summed E-state index contributed by atoms with van der Waals surface area (Å²) in [6, 6.07) is 5.77. The molecule has 0 saturated heterocycles. The molecule has 0 bridgehead atoms. The van der Waals surface area contributed by atoms with Gasteiger partial charge in [-0.3, -0.25) is 4.79 Å². The Kier molecular flexibility index (Phi) is 3.12. The van der Waals surface area contributed by atoms with Crippen LogP contribution in [0.4, 0.5) is 11.4 Å². The molecule has 0 aromatic heterocycles. The van der Waals surface area contributed by atoms with Gasteiger partial charge in [-0.1, -0.05) is 0 Å². The molecular formula is C11H16N2O. The van der Waals surface area contributed by atoms with Gasteiger partial charge in [0.2, 0.25) is 0 Å². The zero-order valence-corrected chi connectivity index (χ0v) is 8.79. The summed E-state index contributed by atoms with van der Waals surface area (Å²) >= 11 is 0. The minimum atomic E-state index is -0.00130. The van der Waals surface area contributed by atoms with Crippen molar-refractivity contribution >= 4 is 17.2 Å². The largest absolute Gasteiger partial charge is 0.398 e. The third-order valence-electron chi connectivity index (χ3n) is 1.89. The summed E-state index contributed by atoms with van der Waals surface area (Å²) in [5, 5.41) is 3.22. The summed E-state index contributed by atoms with van der Waals surface area (Å²) in [6.45, 7) is 5.62. The Bertz CT molecular complexity index is 345. The topological polar surface area (TPSA) is 55.1 Å². The average molecular weight is 192 g/mol. The lowest BCUT2D eigenvalue weighted by atomic mass is 10.1. The van der Waals surface area contributed by atoms with Crippen molar-refractivity contribution in [1.82, 2.24) is 0 Å². The molecule has 1 aromatic rings. The van der Waals surface area contributed by atoms with E-state index in [4.69, 9.17) is 5.73 Å². The molecule has 76 valence electrons. The summed E-state index contributed by atoms with van der Waals surface area (Å²) in [5.74, 6) is -0.00130. The number of Topliss-reactive ketones (excluding diaryl/α,β-unsaturated/α-hetero) is 1. The number of nitrogen functional groups attached to an aromatic ring is 1. The molecule has 3 heteroatoms. The van der Waals surface area contributed by atoms with E-state index in [0.29, 0.717) is 17.3 Å². The van der Waals surface area contributed by atoms with Crippen molar-refractivity contribution in [2.24, 2.45) is 0 Å². The van der Waals surface area contributed by atoms with Crippen molar-refractivity contribution in [3.63, 3.8) is 0 Å². The third kappa shape index (κ3) is 2.49. The van der Waals surface area contributed by atoms with Gasteiger partial charge in [-0.15, -0.1) is 0 Å². The number of anilines is 2. The van der Waals surface area contributed by atoms with E-state index in [9.17, 15) is 4.79 Å². The second kappa shape index (κ2) is 4.13. The summed E-state index contributed by atoms with van der Waals surface area (Å²) in [5.41, 5.74) is 7.80. The maximum Gasteiger partial charge on any atom is 0.161 e. The highest BCUT2D eigenvalue weighted by Crippen LogP contribution is 2.18. The lowest BCUT2D eigenvalue weighted by molar-refractivity contribution is 0.101. The lowest BCUT2D eigenvalue weighted by Crippen LogP contribution is -2.10. The SMILES string of the molecule is CC(=O)c1ccc(NC(C)C)cc1N. The Morgan fingerprint density at radius 2 is 2.07 bits per heavy atom. The van der Waals surface area contributed by atoms with Crippen LogP contribution in [0.5, 0.6) is 0 Å². The number of hydrogen-bond donors (Lipinski definition) is 2. The molecule has 0 fully saturated rings. The Morgan fingerprint density at radius 3 is 2.50 bits per heavy atom. The highest BCUT2D eigenvalue weighted by atomic mass is 16.1. The Balaban J connectivity index is 2.94. The molecule has 0 saturated carbocycles. The standard InChI is InChI=1S/C11H16N2O/c1-7(2)13-9-4-5-10(8(3)14)11(12)6-9/h4-7,13H,12H2,1-3H3. The van der Waals surface area contributed by atoms with Gasteiger partial charge in [0.05, 0.1) is 0 Å². The maximum atomic E-state index is 11.1. The number of rotatable bonds is 3. The van der Waals surface area contributed by atoms with E-state index in [1.165, 1.54) is 6.92 Å². The quantitative estimate of drug-likeness (QED) is 0.570. The molecule has 3 N–H and O–H groups in total. The molecule has 0 amide bonds. The minimum Gasteiger partial charge on any atom is -0.398 e. The second-order valence-corrected chi connectivity index (χ2v) is 3.66. The maximum absolute atomic E-state index is 11.1. The van der Waals surface area contributed by atoms with E-state index >= 15 is 0 Å². The van der Waals surface area contributed by atoms with Gasteiger partial charge in [-0.05, 0) is 39.0 Å². The predicted octanol–water partition coefficient (Wildman–Crippen LogP) is 2.29. The van der Waals surface area contributed by atoms with Crippen molar-refractivity contribution in [1.29, 1.82) is 0 Å². The fourth-order valence-corrected chi connectivity index (χ4v) is 1.31. The van der Waals surface area contributed by atoms with E-state index < -0.39 is 0 Å². The van der Waals surface area contributed by atoms with Crippen LogP contribution in [0, 0.1) is 0 Å². The number of carbonyl (C=O) groups is 1. The molecule has 0 atom stereocenters. The lowest BCUT2D eigenvalue weighted by Gasteiger charge is -2.11. The van der Waals surface area contributed by atoms with Gasteiger partial charge in [-0.2, -0.15) is 0 Å². The van der Waals surface area contributed by atoms with Gasteiger partial charge in [0, 0.05) is 23.0 Å². The van der Waals surface area contributed by atoms with Crippen molar-refractivity contribution in [3.05, 3.63) is 23.8 Å². The fraction of sp³-hybridized carbons (Fsp3) is 0.364. The molecule has 0 heterocycles. The number of ketones is 1. The zero-order valence-electron chi connectivity index (χ0n) is 8.79. The van der Waals surface area contributed by atoms with Crippen LogP contribution in [0.3, 0.4) is 0 Å². The average Bonchev–Trinajstić information content (AvgIpc) is 2.01. The summed E-state index contributed by atoms with van der Waals surface area (Å²) < 4.78 is 0. The molecule has 3 nitrogen and oxygen atoms in total. The molecule has 0 radical (unpaired) electrons. The first-order valence-corrected chi connectivity index (χ1v) is 4.67. The second-order valence-electron chi connectivity index (χ2n) is 3.66. The Morgan fingerprint density at radius 1 is 1.43 bits per heavy atom. The van der Waals surface area contributed by atoms with E-state index in [0.717, 1.165) is 5.69 Å². The van der Waals surface area contributed by atoms with E-state index in [1.807, 2.05) is 6.07 Å². The first-order valence-electron chi connectivity index (χ1n) is 4.67. The van der Waals surface area contributed by atoms with Crippen LogP contribution < -0.4 is 11.1 Å². The van der Waals surface area contributed by atoms with Crippen LogP contribution in [0.1, 0.15) is 31.1 Å². The summed E-state index contributed by atoms with van der Waals surface area (Å²) in [4.78, 5) is 11.1. The number of benzene rings is 1. The predicted molar refractivity (Wildman–Crippen MR) is 59.6 cm³/mol. The van der Waals surface area contributed by atoms with E-state index in [-0.39, 0.29) is 5.78 Å². The molecule has 0 unspecified atom stereocenters. The van der Waals surface area contributed by atoms with Crippen LogP contribution in [0.25, 0.3) is 0 Å². The summed E-state index contributed by atoms with van der Waals surface area (Å²) in [6.07, 6.45) is 0. The van der Waals surface area contributed by atoms with Gasteiger partial charge in [0.1, 0.15) is 0 Å². The van der Waals surface area contributed by atoms with Gasteiger partial charge in [0.25, 0.3) is 0 Å². The number of carbonyl (C=O) groups excluding carboxylic acids is 1. The highest BCUT2D eigenvalue weighted by molar-refractivity contribution is 5.99. The number of nitrogens with one attached hydrogen (secondary N) is 1. The Labute approximate surface area is 84.3 Å². The number of nitrogens with two attached hydrogens (primary N) is 1. The fourth-order valence-electron chi connectivity index (χ4n) is 1.31. The van der Waals surface area contributed by atoms with Gasteiger partial charge >= 0.3 is 0 Å². The molecular weight excluding hydrogens is 176 g/mol. The molecule has 0 aliphatic heterocycles. The van der Waals surface area contributed by atoms with Gasteiger partial charge in [-0.25, -0.2) is 0 Å². The normalized spacial score (nSPS) is 10.3. The van der Waals surface area contributed by atoms with Crippen molar-refractivity contribution in [3.8, 4) is 0 Å². The molecule has 0 spiro atoms. The van der Waals surface area contributed by atoms with Crippen LogP contribution in [-0.2, 0) is 0 Å². The molecule has 1 rings (SSSR count). The highest BCUT2D eigenvalue weighted by Gasteiger charge is 2.05. The molecule has 1 aromatic carbocycles. The van der Waals surface area contributed by atoms with Crippen molar-refractivity contribution in [2.45, 2.75) is 26.8 Å². The smallest absolute Gasteiger partial charge is 0.161 e. The van der Waals surface area contributed by atoms with E-state index in [2.05, 4.69) is 19.2 Å². The monoisotopic (exact) mass is 192 g/mol. The Hall–Kier alpha value is -1.51. The van der Waals surface area contributed by atoms with Crippen LogP contribution >= 0.6 is 0 Å². The number of hydrogen-bond acceptors (Lipinski definition) is 3. The van der Waals surface area contributed by atoms with Crippen molar-refractivity contribution < 1.29 is 4.79 Å². The first-order chi connectivity index (χ1) is 6.50. The van der Waals surface area contributed by atoms with Gasteiger partial charge < -0.3 is 11.1 Å². The van der Waals surface area contributed by atoms with Crippen molar-refractivity contribution in [2.75, 3.05) is 11.1 Å². The van der Waals surface area contributed by atoms with E-state index in [1.54, 1.807) is 12.1 Å². The third-order valence-corrected chi connectivity index (χ3v) is 1.89. The molecule has 14 heavy (non-hydrogen) atoms. The zero-order chi connectivity index (χ0) is 10.7. The van der Waals surface area contributed by atoms with Crippen LogP contribution in [0.15, 0.2) is 18.2 Å². The molecule has 0 aliphatic rings. The molecule has 0 aliphatic carbocycles. The first kappa shape index (κ1) is 10.6. The van der Waals surface area contributed by atoms with Crippen LogP contribution in [0.2, 0.25) is 0 Å². The van der Waals surface area contributed by atoms with Gasteiger partial charge in [0.15, 0.2) is 5.78 Å². The minimum absolute atomic E-state index is 0.00130. The summed E-state index contributed by atoms with van der Waals surface area (Å²) in [7, 11) is 0. The van der Waals surface area contributed by atoms with Crippen LogP contribution in [-0.4, -0.2) is 11.8 Å².